The van der Waals surface area contributed by atoms with Crippen molar-refractivity contribution in [2.45, 2.75) is 49.7 Å². The van der Waals surface area contributed by atoms with Crippen molar-refractivity contribution in [2.75, 3.05) is 5.32 Å². The second-order valence-corrected chi connectivity index (χ2v) is 8.32. The van der Waals surface area contributed by atoms with Crippen LogP contribution in [0.1, 0.15) is 29.5 Å². The van der Waals surface area contributed by atoms with Gasteiger partial charge in [-0.15, -0.1) is 0 Å². The summed E-state index contributed by atoms with van der Waals surface area (Å²) in [6.45, 7) is 1.35. The Hall–Kier alpha value is -2.52. The number of pyridine rings is 1. The van der Waals surface area contributed by atoms with Crippen molar-refractivity contribution in [3.05, 3.63) is 59.2 Å². The molecule has 1 aromatic heterocycles. The summed E-state index contributed by atoms with van der Waals surface area (Å²) in [7, 11) is 0. The molecule has 1 aromatic carbocycles. The summed E-state index contributed by atoms with van der Waals surface area (Å²) < 4.78 is 59.4. The number of ether oxygens (including phenoxy) is 1. The van der Waals surface area contributed by atoms with Crippen LogP contribution in [0.25, 0.3) is 0 Å². The van der Waals surface area contributed by atoms with Gasteiger partial charge in [-0.3, -0.25) is 4.79 Å². The fraction of sp³-hybridized carbons (Fsp3) is 0.429. The summed E-state index contributed by atoms with van der Waals surface area (Å²) in [5, 5.41) is 13.0. The Balaban J connectivity index is 1.51. The lowest BCUT2D eigenvalue weighted by atomic mass is 9.74. The maximum Gasteiger partial charge on any atom is 0.416 e. The van der Waals surface area contributed by atoms with E-state index in [0.29, 0.717) is 12.0 Å². The van der Waals surface area contributed by atoms with Gasteiger partial charge < -0.3 is 15.2 Å². The zero-order valence-electron chi connectivity index (χ0n) is 15.8. The summed E-state index contributed by atoms with van der Waals surface area (Å²) in [4.78, 5) is 16.9. The highest BCUT2D eigenvalue weighted by atomic mass is 19.4. The van der Waals surface area contributed by atoms with Gasteiger partial charge in [-0.25, -0.2) is 4.98 Å². The average Bonchev–Trinajstić information content (AvgIpc) is 3.16. The second kappa shape index (κ2) is 6.01. The average molecular weight is 422 g/mol. The van der Waals surface area contributed by atoms with E-state index in [4.69, 9.17) is 4.74 Å². The first kappa shape index (κ1) is 19.4. The lowest BCUT2D eigenvalue weighted by Crippen LogP contribution is -2.44. The second-order valence-electron chi connectivity index (χ2n) is 8.32. The molecule has 9 heteroatoms. The molecule has 2 saturated heterocycles. The number of carbonyl (C=O) groups excluding carboxylic acids is 1. The van der Waals surface area contributed by atoms with Crippen LogP contribution in [0.15, 0.2) is 36.5 Å². The summed E-state index contributed by atoms with van der Waals surface area (Å²) in [5.74, 6) is -1.20. The number of rotatable bonds is 3. The minimum Gasteiger partial charge on any atom is -0.390 e. The molecule has 5 atom stereocenters. The van der Waals surface area contributed by atoms with Crippen molar-refractivity contribution in [1.29, 1.82) is 0 Å². The van der Waals surface area contributed by atoms with Crippen LogP contribution >= 0.6 is 0 Å². The molecule has 1 amide bonds. The normalized spacial score (nSPS) is 34.0. The van der Waals surface area contributed by atoms with Crippen LogP contribution in [0.4, 0.5) is 23.2 Å². The van der Waals surface area contributed by atoms with Crippen LogP contribution in [0.5, 0.6) is 0 Å². The Morgan fingerprint density at radius 1 is 1.30 bits per heavy atom. The smallest absolute Gasteiger partial charge is 0.390 e. The van der Waals surface area contributed by atoms with E-state index < -0.39 is 52.7 Å². The molecule has 2 aromatic rings. The lowest BCUT2D eigenvalue weighted by molar-refractivity contribution is -0.138. The maximum atomic E-state index is 13.8. The van der Waals surface area contributed by atoms with Crippen molar-refractivity contribution >= 4 is 11.6 Å². The van der Waals surface area contributed by atoms with E-state index in [9.17, 15) is 27.5 Å². The molecule has 3 fully saturated rings. The molecule has 3 aliphatic rings. The predicted octanol–water partition coefficient (Wildman–Crippen LogP) is 3.35. The minimum absolute atomic E-state index is 0.0253. The van der Waals surface area contributed by atoms with Gasteiger partial charge in [0.15, 0.2) is 0 Å². The number of alkyl halides is 3. The van der Waals surface area contributed by atoms with Crippen molar-refractivity contribution in [3.63, 3.8) is 0 Å². The number of hydrogen-bond donors (Lipinski definition) is 2. The number of carbonyl (C=O) groups is 1. The van der Waals surface area contributed by atoms with E-state index >= 15 is 0 Å². The molecule has 5 nitrogen and oxygen atoms in total. The van der Waals surface area contributed by atoms with Crippen LogP contribution in [0.2, 0.25) is 0 Å². The van der Waals surface area contributed by atoms with Crippen LogP contribution in [-0.4, -0.2) is 34.3 Å². The summed E-state index contributed by atoms with van der Waals surface area (Å²) in [6.07, 6.45) is -4.77. The highest BCUT2D eigenvalue weighted by Crippen LogP contribution is 2.77. The van der Waals surface area contributed by atoms with E-state index in [-0.39, 0.29) is 17.7 Å². The summed E-state index contributed by atoms with van der Waals surface area (Å²) in [5.41, 5.74) is -2.25. The highest BCUT2D eigenvalue weighted by molar-refractivity contribution is 6.01. The molecule has 158 valence electrons. The Bertz CT molecular complexity index is 1060. The van der Waals surface area contributed by atoms with Gasteiger partial charge in [0.05, 0.1) is 29.3 Å². The number of aromatic nitrogens is 1. The number of aryl methyl sites for hydroxylation is 1. The molecule has 0 unspecified atom stereocenters. The maximum absolute atomic E-state index is 13.8. The molecule has 0 radical (unpaired) electrons. The third-order valence-corrected chi connectivity index (χ3v) is 6.83. The zero-order chi connectivity index (χ0) is 21.5. The van der Waals surface area contributed by atoms with Gasteiger partial charge in [-0.2, -0.15) is 17.6 Å². The number of benzene rings is 1. The quantitative estimate of drug-likeness (QED) is 0.588. The molecule has 1 saturated carbocycles. The fourth-order valence-corrected chi connectivity index (χ4v) is 5.46. The van der Waals surface area contributed by atoms with Crippen LogP contribution in [-0.2, 0) is 21.1 Å². The van der Waals surface area contributed by atoms with Crippen LogP contribution < -0.4 is 5.32 Å². The predicted molar refractivity (Wildman–Crippen MR) is 97.0 cm³/mol. The zero-order valence-corrected chi connectivity index (χ0v) is 15.8. The fourth-order valence-electron chi connectivity index (χ4n) is 5.46. The first-order valence-electron chi connectivity index (χ1n) is 9.54. The van der Waals surface area contributed by atoms with Gasteiger partial charge in [-0.05, 0) is 48.7 Å². The molecule has 3 heterocycles. The van der Waals surface area contributed by atoms with Crippen molar-refractivity contribution in [2.24, 2.45) is 5.41 Å². The number of amides is 1. The number of nitrogens with zero attached hydrogens (tertiary/aromatic N) is 1. The van der Waals surface area contributed by atoms with Gasteiger partial charge in [0.2, 0.25) is 11.9 Å². The molecular formula is C21H18F4N2O3. The Kier molecular flexibility index (Phi) is 3.90. The molecule has 0 spiro atoms. The third-order valence-electron chi connectivity index (χ3n) is 6.83. The van der Waals surface area contributed by atoms with E-state index in [0.717, 1.165) is 6.07 Å². The van der Waals surface area contributed by atoms with Crippen LogP contribution in [0.3, 0.4) is 0 Å². The lowest BCUT2D eigenvalue weighted by Gasteiger charge is -2.29. The van der Waals surface area contributed by atoms with E-state index in [2.05, 4.69) is 10.3 Å². The molecular weight excluding hydrogens is 404 g/mol. The highest BCUT2D eigenvalue weighted by Gasteiger charge is 2.87. The summed E-state index contributed by atoms with van der Waals surface area (Å²) in [6, 6.07) is 6.43. The Morgan fingerprint density at radius 2 is 2.07 bits per heavy atom. The van der Waals surface area contributed by atoms with Crippen molar-refractivity contribution in [3.8, 4) is 0 Å². The number of aliphatic hydroxyl groups excluding tert-OH is 1. The van der Waals surface area contributed by atoms with Crippen molar-refractivity contribution < 1.29 is 32.2 Å². The third kappa shape index (κ3) is 2.42. The van der Waals surface area contributed by atoms with Crippen LogP contribution in [0, 0.1) is 18.3 Å². The number of halogens is 4. The largest absolute Gasteiger partial charge is 0.416 e. The number of hydrogen-bond acceptors (Lipinski definition) is 4. The number of aliphatic hydroxyl groups is 1. The first-order valence-corrected chi connectivity index (χ1v) is 9.54. The van der Waals surface area contributed by atoms with Gasteiger partial charge >= 0.3 is 6.18 Å². The first-order chi connectivity index (χ1) is 14.1. The van der Waals surface area contributed by atoms with Gasteiger partial charge in [0.25, 0.3) is 0 Å². The minimum atomic E-state index is -4.54. The van der Waals surface area contributed by atoms with Gasteiger partial charge in [-0.1, -0.05) is 6.07 Å². The van der Waals surface area contributed by atoms with Crippen molar-refractivity contribution in [1.82, 2.24) is 4.98 Å². The molecule has 1 aliphatic carbocycles. The molecule has 30 heavy (non-hydrogen) atoms. The van der Waals surface area contributed by atoms with E-state index in [1.165, 1.54) is 31.3 Å². The SMILES string of the molecule is Cc1ccc(NC(=O)[C@]23C[C@@]2(c2ccnc(F)c2)[C@H]2O[C@@H]3C[C@@H]2O)cc1C(F)(F)F. The topological polar surface area (TPSA) is 71.5 Å². The molecule has 2 bridgehead atoms. The molecule has 2 N–H and O–H groups in total. The number of fused-ring (bicyclic) bond motifs is 5. The molecule has 5 rings (SSSR count). The Labute approximate surface area is 169 Å². The number of nitrogens with one attached hydrogen (secondary N) is 1. The van der Waals surface area contributed by atoms with Gasteiger partial charge in [0, 0.05) is 23.7 Å². The van der Waals surface area contributed by atoms with E-state index in [1.807, 2.05) is 0 Å². The molecule has 2 aliphatic heterocycles. The summed E-state index contributed by atoms with van der Waals surface area (Å²) >= 11 is 0. The van der Waals surface area contributed by atoms with Gasteiger partial charge in [0.1, 0.15) is 0 Å². The number of anilines is 1. The Morgan fingerprint density at radius 3 is 2.77 bits per heavy atom. The standard InChI is InChI=1S/C21H18F4N2O3/c1-10-2-3-12(7-13(10)21(23,24)25)27-18(29)20-9-19(20,11-4-5-26-16(22)6-11)17-14(28)8-15(20)30-17/h2-7,14-15,17,28H,8-9H2,1H3,(H,27,29)/t14-,15+,17-,19+,20+/m0/s1. The van der Waals surface area contributed by atoms with E-state index in [1.54, 1.807) is 6.07 Å². The monoisotopic (exact) mass is 422 g/mol.